The number of anilines is 2. The Morgan fingerprint density at radius 3 is 2.23 bits per heavy atom. The number of aryl methyl sites for hydroxylation is 1. The van der Waals surface area contributed by atoms with Crippen LogP contribution >= 0.6 is 12.6 Å². The molecule has 0 aromatic heterocycles. The number of nitrogens with one attached hydrogen (secondary N) is 1. The highest BCUT2D eigenvalue weighted by atomic mass is 32.1. The van der Waals surface area contributed by atoms with Gasteiger partial charge in [0.15, 0.2) is 0 Å². The van der Waals surface area contributed by atoms with Crippen molar-refractivity contribution in [2.75, 3.05) is 30.1 Å². The summed E-state index contributed by atoms with van der Waals surface area (Å²) in [5.74, 6) is 1.06. The van der Waals surface area contributed by atoms with E-state index in [9.17, 15) is 14.7 Å². The highest BCUT2D eigenvalue weighted by Crippen LogP contribution is 2.42. The Morgan fingerprint density at radius 2 is 1.69 bits per heavy atom. The molecule has 0 saturated heterocycles. The molecule has 0 unspecified atom stereocenters. The molecule has 3 aromatic carbocycles. The highest BCUT2D eigenvalue weighted by Gasteiger charge is 2.23. The lowest BCUT2D eigenvalue weighted by atomic mass is 9.95. The summed E-state index contributed by atoms with van der Waals surface area (Å²) in [5.41, 5.74) is 4.52. The van der Waals surface area contributed by atoms with Gasteiger partial charge in [0.1, 0.15) is 18.1 Å². The fourth-order valence-electron chi connectivity index (χ4n) is 3.81. The maximum absolute atomic E-state index is 12.8. The molecule has 0 atom stereocenters. The van der Waals surface area contributed by atoms with Crippen molar-refractivity contribution >= 4 is 36.4 Å². The molecule has 0 saturated carbocycles. The van der Waals surface area contributed by atoms with Crippen LogP contribution in [0.25, 0.3) is 11.1 Å². The number of phenols is 1. The van der Waals surface area contributed by atoms with Gasteiger partial charge in [-0.25, -0.2) is 4.79 Å². The van der Waals surface area contributed by atoms with Crippen molar-refractivity contribution < 1.29 is 24.2 Å². The number of methoxy groups -OCH3 is 1. The summed E-state index contributed by atoms with van der Waals surface area (Å²) in [6.07, 6.45) is 1.90. The highest BCUT2D eigenvalue weighted by molar-refractivity contribution is 7.80. The minimum absolute atomic E-state index is 0.0641. The number of carbonyl (C=O) groups is 2. The number of hydrogen-bond acceptors (Lipinski definition) is 7. The summed E-state index contributed by atoms with van der Waals surface area (Å²) < 4.78 is 11.2. The van der Waals surface area contributed by atoms with Gasteiger partial charge in [0.25, 0.3) is 0 Å². The maximum atomic E-state index is 12.8. The fourth-order valence-corrected chi connectivity index (χ4v) is 3.81. The number of benzene rings is 3. The minimum Gasteiger partial charge on any atom is -0.508 e. The van der Waals surface area contributed by atoms with E-state index in [-0.39, 0.29) is 17.9 Å². The van der Waals surface area contributed by atoms with Gasteiger partial charge < -0.3 is 24.8 Å². The van der Waals surface area contributed by atoms with E-state index in [1.165, 1.54) is 24.5 Å². The summed E-state index contributed by atoms with van der Waals surface area (Å²) >= 11 is 3.92. The van der Waals surface area contributed by atoms with Crippen LogP contribution in [0.15, 0.2) is 54.6 Å². The van der Waals surface area contributed by atoms with E-state index in [1.54, 1.807) is 31.3 Å². The second kappa shape index (κ2) is 14.5. The molecule has 39 heavy (non-hydrogen) atoms. The van der Waals surface area contributed by atoms with Crippen LogP contribution in [0.4, 0.5) is 11.4 Å². The maximum Gasteiger partial charge on any atom is 0.338 e. The summed E-state index contributed by atoms with van der Waals surface area (Å²) in [4.78, 5) is 26.2. The van der Waals surface area contributed by atoms with E-state index in [4.69, 9.17) is 9.47 Å². The zero-order valence-corrected chi connectivity index (χ0v) is 24.8. The predicted octanol–water partition coefficient (Wildman–Crippen LogP) is 6.86. The Labute approximate surface area is 237 Å². The van der Waals surface area contributed by atoms with Crippen LogP contribution in [0.3, 0.4) is 0 Å². The van der Waals surface area contributed by atoms with Gasteiger partial charge in [-0.1, -0.05) is 30.7 Å². The molecule has 0 radical (unpaired) electrons. The second-order valence-corrected chi connectivity index (χ2v) is 10.6. The van der Waals surface area contributed by atoms with Crippen LogP contribution in [0.5, 0.6) is 11.5 Å². The third kappa shape index (κ3) is 8.96. The van der Waals surface area contributed by atoms with Crippen molar-refractivity contribution in [1.82, 2.24) is 0 Å². The molecule has 3 rings (SSSR count). The smallest absolute Gasteiger partial charge is 0.338 e. The van der Waals surface area contributed by atoms with Gasteiger partial charge in [-0.05, 0) is 75.8 Å². The first kappa shape index (κ1) is 31.6. The summed E-state index contributed by atoms with van der Waals surface area (Å²) in [5, 5.41) is 13.4. The normalized spacial score (nSPS) is 10.7. The topological polar surface area (TPSA) is 88.1 Å². The van der Waals surface area contributed by atoms with Crippen LogP contribution in [0.1, 0.15) is 55.6 Å². The molecule has 2 N–H and O–H groups in total. The first-order valence-electron chi connectivity index (χ1n) is 12.8. The lowest BCUT2D eigenvalue weighted by Gasteiger charge is -2.29. The number of esters is 1. The molecule has 0 spiro atoms. The Kier molecular flexibility index (Phi) is 11.7. The molecule has 0 fully saturated rings. The number of amides is 1. The van der Waals surface area contributed by atoms with Gasteiger partial charge in [-0.15, -0.1) is 0 Å². The average Bonchev–Trinajstić information content (AvgIpc) is 2.91. The van der Waals surface area contributed by atoms with Crippen molar-refractivity contribution in [3.05, 3.63) is 71.3 Å². The van der Waals surface area contributed by atoms with Crippen LogP contribution in [-0.4, -0.2) is 42.9 Å². The molecule has 8 heteroatoms. The number of rotatable bonds is 9. The average molecular weight is 553 g/mol. The van der Waals surface area contributed by atoms with E-state index >= 15 is 0 Å². The number of ether oxygens (including phenoxy) is 2. The van der Waals surface area contributed by atoms with Crippen LogP contribution in [-0.2, 0) is 16.1 Å². The van der Waals surface area contributed by atoms with E-state index < -0.39 is 5.97 Å². The Hall–Kier alpha value is -3.65. The molecule has 1 amide bonds. The second-order valence-electron chi connectivity index (χ2n) is 10.1. The van der Waals surface area contributed by atoms with Gasteiger partial charge in [0.05, 0.1) is 24.0 Å². The molecule has 0 aliphatic heterocycles. The lowest BCUT2D eigenvalue weighted by Crippen LogP contribution is -2.28. The number of aromatic hydroxyl groups is 1. The van der Waals surface area contributed by atoms with Crippen LogP contribution < -0.4 is 15.0 Å². The third-order valence-corrected chi connectivity index (χ3v) is 6.08. The van der Waals surface area contributed by atoms with Crippen molar-refractivity contribution in [2.45, 2.75) is 53.2 Å². The zero-order valence-electron chi connectivity index (χ0n) is 23.9. The molecule has 0 heterocycles. The SMILES string of the molecule is CCCS.COc1cc(O)ccc1-c1ccc(NC(C)(C)C)c(N(C)C=O)c1COC(=O)c1ccc(C)cc1. The van der Waals surface area contributed by atoms with Crippen molar-refractivity contribution in [2.24, 2.45) is 0 Å². The molecular weight excluding hydrogens is 512 g/mol. The van der Waals surface area contributed by atoms with Crippen molar-refractivity contribution in [3.63, 3.8) is 0 Å². The minimum atomic E-state index is -0.470. The first-order chi connectivity index (χ1) is 18.4. The van der Waals surface area contributed by atoms with E-state index in [0.717, 1.165) is 17.0 Å². The number of nitrogens with zero attached hydrogens (tertiary/aromatic N) is 1. The van der Waals surface area contributed by atoms with Gasteiger partial charge in [-0.3, -0.25) is 4.79 Å². The number of thiol groups is 1. The van der Waals surface area contributed by atoms with E-state index in [2.05, 4.69) is 24.9 Å². The lowest BCUT2D eigenvalue weighted by molar-refractivity contribution is -0.107. The quantitative estimate of drug-likeness (QED) is 0.153. The number of phenolic OH excluding ortho intramolecular Hbond substituents is 1. The molecule has 3 aromatic rings. The van der Waals surface area contributed by atoms with Crippen molar-refractivity contribution in [3.8, 4) is 22.6 Å². The molecule has 0 aliphatic carbocycles. The van der Waals surface area contributed by atoms with Crippen LogP contribution in [0, 0.1) is 6.92 Å². The Morgan fingerprint density at radius 1 is 1.08 bits per heavy atom. The summed E-state index contributed by atoms with van der Waals surface area (Å²) in [7, 11) is 3.17. The Bertz CT molecular complexity index is 1250. The zero-order chi connectivity index (χ0) is 29.2. The predicted molar refractivity (Wildman–Crippen MR) is 162 cm³/mol. The standard InChI is InChI=1S/C28H32N2O5.C3H8S/c1-18-7-9-19(10-8-18)27(33)35-16-23-21(22-12-11-20(32)15-25(22)34-6)13-14-24(29-28(2,3)4)26(23)30(5)17-31;1-2-3-4/h7-15,17,29,32H,16H2,1-6H3;4H,2-3H2,1H3. The van der Waals surface area contributed by atoms with Gasteiger partial charge in [0.2, 0.25) is 6.41 Å². The van der Waals surface area contributed by atoms with Gasteiger partial charge >= 0.3 is 5.97 Å². The molecule has 7 nitrogen and oxygen atoms in total. The van der Waals surface area contributed by atoms with Crippen molar-refractivity contribution in [1.29, 1.82) is 0 Å². The van der Waals surface area contributed by atoms with E-state index in [0.29, 0.717) is 40.1 Å². The third-order valence-electron chi connectivity index (χ3n) is 5.64. The van der Waals surface area contributed by atoms with E-state index in [1.807, 2.05) is 52.0 Å². The first-order valence-corrected chi connectivity index (χ1v) is 13.4. The van der Waals surface area contributed by atoms with Gasteiger partial charge in [0, 0.05) is 29.8 Å². The number of carbonyl (C=O) groups excluding carboxylic acids is 2. The van der Waals surface area contributed by atoms with Crippen LogP contribution in [0.2, 0.25) is 0 Å². The fraction of sp³-hybridized carbons (Fsp3) is 0.355. The Balaban J connectivity index is 0.00000124. The molecule has 0 aliphatic rings. The molecular formula is C31H40N2O5S. The number of hydrogen-bond donors (Lipinski definition) is 3. The molecule has 0 bridgehead atoms. The summed E-state index contributed by atoms with van der Waals surface area (Å²) in [6.45, 7) is 10.0. The van der Waals surface area contributed by atoms with Gasteiger partial charge in [-0.2, -0.15) is 12.6 Å². The summed E-state index contributed by atoms with van der Waals surface area (Å²) in [6, 6.07) is 15.7. The molecule has 210 valence electrons. The monoisotopic (exact) mass is 552 g/mol. The largest absolute Gasteiger partial charge is 0.508 e.